The number of pyridine rings is 1. The molecule has 0 aliphatic carbocycles. The zero-order valence-corrected chi connectivity index (χ0v) is 30.0. The van der Waals surface area contributed by atoms with Crippen molar-refractivity contribution in [1.82, 2.24) is 25.0 Å². The second-order valence-corrected chi connectivity index (χ2v) is 19.7. The number of alkyl carbamates (subject to hydrolysis) is 1. The summed E-state index contributed by atoms with van der Waals surface area (Å²) >= 11 is 0. The van der Waals surface area contributed by atoms with Gasteiger partial charge in [-0.3, -0.25) is 9.78 Å². The van der Waals surface area contributed by atoms with Crippen LogP contribution in [0.25, 0.3) is 22.2 Å². The van der Waals surface area contributed by atoms with E-state index in [1.54, 1.807) is 13.2 Å². The largest absolute Gasteiger partial charge is 0.496 e. The first-order valence-corrected chi connectivity index (χ1v) is 20.0. The predicted molar refractivity (Wildman–Crippen MR) is 184 cm³/mol. The van der Waals surface area contributed by atoms with E-state index in [2.05, 4.69) is 35.1 Å². The highest BCUT2D eigenvalue weighted by Crippen LogP contribution is 2.35. The monoisotopic (exact) mass is 663 g/mol. The first-order valence-electron chi connectivity index (χ1n) is 16.3. The van der Waals surface area contributed by atoms with Crippen LogP contribution in [-0.4, -0.2) is 59.0 Å². The Kier molecular flexibility index (Phi) is 12.0. The van der Waals surface area contributed by atoms with E-state index < -0.39 is 25.8 Å². The first-order chi connectivity index (χ1) is 22.2. The number of carbonyl (C=O) groups is 2. The summed E-state index contributed by atoms with van der Waals surface area (Å²) in [5.74, 6) is 1.26. The van der Waals surface area contributed by atoms with E-state index in [1.165, 1.54) is 6.26 Å². The van der Waals surface area contributed by atoms with Crippen LogP contribution in [0.5, 0.6) is 5.75 Å². The fourth-order valence-electron chi connectivity index (χ4n) is 5.12. The second kappa shape index (κ2) is 15.7. The van der Waals surface area contributed by atoms with Crippen molar-refractivity contribution >= 4 is 30.9 Å². The number of hydrogen-bond acceptors (Lipinski definition) is 9. The molecule has 1 aromatic carbocycles. The smallest absolute Gasteiger partial charge is 0.408 e. The molecule has 0 spiro atoms. The minimum absolute atomic E-state index is 0.0486. The molecule has 0 aliphatic heterocycles. The van der Waals surface area contributed by atoms with Crippen molar-refractivity contribution < 1.29 is 28.3 Å². The number of nitrogens with zero attached hydrogens (tertiary/aromatic N) is 4. The van der Waals surface area contributed by atoms with Gasteiger partial charge in [-0.1, -0.05) is 43.7 Å². The van der Waals surface area contributed by atoms with E-state index in [9.17, 15) is 9.59 Å². The number of ketones is 1. The van der Waals surface area contributed by atoms with Gasteiger partial charge >= 0.3 is 6.09 Å². The molecule has 0 bridgehead atoms. The summed E-state index contributed by atoms with van der Waals surface area (Å²) in [6.45, 7) is 15.3. The number of carbonyl (C=O) groups excluding carboxylic acids is 2. The predicted octanol–water partition coefficient (Wildman–Crippen LogP) is 8.11. The number of benzene rings is 1. The van der Waals surface area contributed by atoms with Crippen molar-refractivity contribution in [3.8, 4) is 17.0 Å². The molecule has 3 aromatic heterocycles. The summed E-state index contributed by atoms with van der Waals surface area (Å²) < 4.78 is 24.4. The van der Waals surface area contributed by atoms with Gasteiger partial charge in [0.15, 0.2) is 5.78 Å². The minimum atomic E-state index is -1.30. The molecule has 1 atom stereocenters. The number of rotatable bonds is 16. The Morgan fingerprint density at radius 1 is 1.06 bits per heavy atom. The van der Waals surface area contributed by atoms with Gasteiger partial charge in [0.2, 0.25) is 0 Å². The lowest BCUT2D eigenvalue weighted by Gasteiger charge is -2.24. The Hall–Kier alpha value is -4.03. The van der Waals surface area contributed by atoms with Crippen LogP contribution in [0.4, 0.5) is 4.79 Å². The van der Waals surface area contributed by atoms with Crippen molar-refractivity contribution in [2.24, 2.45) is 0 Å². The van der Waals surface area contributed by atoms with E-state index in [1.807, 2.05) is 62.7 Å². The molecule has 12 heteroatoms. The number of aryl methyl sites for hydroxylation is 1. The van der Waals surface area contributed by atoms with Crippen LogP contribution >= 0.6 is 0 Å². The number of hydrogen-bond donors (Lipinski definition) is 1. The molecule has 11 nitrogen and oxygen atoms in total. The van der Waals surface area contributed by atoms with E-state index in [0.29, 0.717) is 48.8 Å². The van der Waals surface area contributed by atoms with Crippen LogP contribution in [-0.2, 0) is 16.2 Å². The number of fused-ring (bicyclic) bond motifs is 1. The van der Waals surface area contributed by atoms with E-state index in [4.69, 9.17) is 23.7 Å². The van der Waals surface area contributed by atoms with Gasteiger partial charge in [-0.2, -0.15) is 0 Å². The molecule has 0 saturated heterocycles. The summed E-state index contributed by atoms with van der Waals surface area (Å²) in [4.78, 5) is 35.3. The SMILES string of the molecule is COc1cc2nc(C)ccc2cc1-c1cn(COCC[Si](C)(C)C)c([C@H](CCCCCC(=O)c2ccon2)NC(=O)OC(C)(C)C)n1. The fraction of sp³-hybridized carbons (Fsp3) is 0.514. The molecule has 4 rings (SSSR count). The highest BCUT2D eigenvalue weighted by atomic mass is 28.3. The topological polar surface area (TPSA) is 131 Å². The molecular formula is C35H49N5O6Si. The van der Waals surface area contributed by atoms with Gasteiger partial charge in [-0.15, -0.1) is 0 Å². The number of amides is 1. The number of unbranched alkanes of at least 4 members (excludes halogenated alkanes) is 2. The molecule has 1 N–H and O–H groups in total. The van der Waals surface area contributed by atoms with Gasteiger partial charge in [0.05, 0.1) is 24.4 Å². The molecule has 254 valence electrons. The third-order valence-electron chi connectivity index (χ3n) is 7.58. The zero-order valence-electron chi connectivity index (χ0n) is 29.0. The first kappa shape index (κ1) is 35.8. The summed E-state index contributed by atoms with van der Waals surface area (Å²) in [7, 11) is 0.341. The Labute approximate surface area is 278 Å². The zero-order chi connectivity index (χ0) is 34.2. The summed E-state index contributed by atoms with van der Waals surface area (Å²) in [6.07, 6.45) is 6.00. The quantitative estimate of drug-likeness (QED) is 0.0717. The van der Waals surface area contributed by atoms with Crippen molar-refractivity contribution in [3.63, 3.8) is 0 Å². The molecule has 0 radical (unpaired) electrons. The average Bonchev–Trinajstić information content (AvgIpc) is 3.67. The van der Waals surface area contributed by atoms with Crippen molar-refractivity contribution in [3.05, 3.63) is 60.0 Å². The summed E-state index contributed by atoms with van der Waals surface area (Å²) in [6, 6.07) is 10.1. The molecule has 47 heavy (non-hydrogen) atoms. The van der Waals surface area contributed by atoms with Gasteiger partial charge in [0.25, 0.3) is 0 Å². The summed E-state index contributed by atoms with van der Waals surface area (Å²) in [5.41, 5.74) is 2.95. The standard InChI is InChI=1S/C35H49N5O6Si/c1-24-14-15-25-20-26(32(43-5)21-29(25)36-24)30-22-40(23-44-18-19-47(6,7)8)33(37-30)28(38-34(42)46-35(2,3)4)12-10-9-11-13-31(41)27-16-17-45-39-27/h14-17,20-22,28H,9-13,18-19,23H2,1-8H3,(H,38,42)/t28-/m0/s1. The maximum Gasteiger partial charge on any atom is 0.408 e. The molecule has 1 amide bonds. The lowest BCUT2D eigenvalue weighted by atomic mass is 10.0. The fourth-order valence-corrected chi connectivity index (χ4v) is 5.87. The van der Waals surface area contributed by atoms with Crippen LogP contribution in [0.15, 0.2) is 47.3 Å². The Morgan fingerprint density at radius 2 is 1.85 bits per heavy atom. The number of ether oxygens (including phenoxy) is 3. The third-order valence-corrected chi connectivity index (χ3v) is 9.29. The van der Waals surface area contributed by atoms with Crippen molar-refractivity contribution in [2.45, 2.75) is 104 Å². The molecule has 0 saturated carbocycles. The van der Waals surface area contributed by atoms with Crippen molar-refractivity contribution in [2.75, 3.05) is 13.7 Å². The second-order valence-electron chi connectivity index (χ2n) is 14.1. The lowest BCUT2D eigenvalue weighted by Crippen LogP contribution is -2.36. The minimum Gasteiger partial charge on any atom is -0.496 e. The van der Waals surface area contributed by atoms with E-state index >= 15 is 0 Å². The molecule has 0 unspecified atom stereocenters. The maximum atomic E-state index is 13.1. The molecule has 3 heterocycles. The average molecular weight is 664 g/mol. The maximum absolute atomic E-state index is 13.1. The Balaban J connectivity index is 1.63. The molecular weight excluding hydrogens is 615 g/mol. The van der Waals surface area contributed by atoms with Crippen LogP contribution in [0.2, 0.25) is 25.7 Å². The molecule has 4 aromatic rings. The number of nitrogens with one attached hydrogen (secondary N) is 1. The molecule has 0 aliphatic rings. The van der Waals surface area contributed by atoms with Gasteiger partial charge in [0, 0.05) is 56.1 Å². The van der Waals surface area contributed by atoms with Crippen LogP contribution in [0.1, 0.15) is 80.9 Å². The Bertz CT molecular complexity index is 1640. The highest BCUT2D eigenvalue weighted by molar-refractivity contribution is 6.76. The summed E-state index contributed by atoms with van der Waals surface area (Å²) in [5, 5.41) is 7.78. The van der Waals surface area contributed by atoms with Gasteiger partial charge in [-0.05, 0) is 58.7 Å². The molecule has 0 fully saturated rings. The van der Waals surface area contributed by atoms with Crippen LogP contribution in [0.3, 0.4) is 0 Å². The normalized spacial score (nSPS) is 12.7. The van der Waals surface area contributed by atoms with Gasteiger partial charge in [0.1, 0.15) is 35.9 Å². The van der Waals surface area contributed by atoms with Gasteiger partial charge in [-0.25, -0.2) is 9.78 Å². The number of imidazole rings is 1. The number of Topliss-reactive ketones (excluding diaryl/α,β-unsaturated/α-hetero) is 1. The van der Waals surface area contributed by atoms with E-state index in [-0.39, 0.29) is 12.5 Å². The lowest BCUT2D eigenvalue weighted by molar-refractivity contribution is 0.0487. The van der Waals surface area contributed by atoms with Crippen LogP contribution < -0.4 is 10.1 Å². The van der Waals surface area contributed by atoms with E-state index in [0.717, 1.165) is 41.0 Å². The number of methoxy groups -OCH3 is 1. The Morgan fingerprint density at radius 3 is 2.53 bits per heavy atom. The van der Waals surface area contributed by atoms with Gasteiger partial charge < -0.3 is 28.6 Å². The van der Waals surface area contributed by atoms with Crippen molar-refractivity contribution in [1.29, 1.82) is 0 Å². The highest BCUT2D eigenvalue weighted by Gasteiger charge is 2.26. The third kappa shape index (κ3) is 10.8. The van der Waals surface area contributed by atoms with Crippen LogP contribution in [0, 0.1) is 6.92 Å². The number of aromatic nitrogens is 4.